The van der Waals surface area contributed by atoms with E-state index in [0.29, 0.717) is 33.5 Å². The van der Waals surface area contributed by atoms with Crippen molar-refractivity contribution in [2.24, 2.45) is 0 Å². The maximum atomic E-state index is 13.1. The number of carbonyl (C=O) groups excluding carboxylic acids is 7. The second-order valence-electron chi connectivity index (χ2n) is 11.1. The van der Waals surface area contributed by atoms with Gasteiger partial charge in [0.25, 0.3) is 0 Å². The van der Waals surface area contributed by atoms with Gasteiger partial charge in [-0.2, -0.15) is 0 Å². The summed E-state index contributed by atoms with van der Waals surface area (Å²) in [4.78, 5) is 84.4. The van der Waals surface area contributed by atoms with E-state index in [1.54, 1.807) is 66.7 Å². The van der Waals surface area contributed by atoms with E-state index in [2.05, 4.69) is 5.32 Å². The minimum atomic E-state index is -0.508. The van der Waals surface area contributed by atoms with Gasteiger partial charge in [-0.1, -0.05) is 54.6 Å². The lowest BCUT2D eigenvalue weighted by Crippen LogP contribution is -2.25. The van der Waals surface area contributed by atoms with E-state index in [9.17, 15) is 33.6 Å². The summed E-state index contributed by atoms with van der Waals surface area (Å²) in [7, 11) is 0. The number of fused-ring (bicyclic) bond motifs is 4. The zero-order chi connectivity index (χ0) is 37.4. The summed E-state index contributed by atoms with van der Waals surface area (Å²) < 4.78 is 0. The highest BCUT2D eigenvalue weighted by Crippen LogP contribution is 2.35. The Bertz CT molecular complexity index is 2100. The third kappa shape index (κ3) is 8.54. The Morgan fingerprint density at radius 1 is 0.588 bits per heavy atom. The van der Waals surface area contributed by atoms with Crippen molar-refractivity contribution in [1.29, 1.82) is 0 Å². The predicted molar refractivity (Wildman–Crippen MR) is 198 cm³/mol. The fourth-order valence-corrected chi connectivity index (χ4v) is 5.82. The van der Waals surface area contributed by atoms with Crippen molar-refractivity contribution in [3.63, 3.8) is 0 Å². The van der Waals surface area contributed by atoms with Crippen molar-refractivity contribution in [2.45, 2.75) is 19.3 Å². The van der Waals surface area contributed by atoms with E-state index in [0.717, 1.165) is 0 Å². The lowest BCUT2D eigenvalue weighted by molar-refractivity contribution is -0.118. The van der Waals surface area contributed by atoms with E-state index >= 15 is 0 Å². The minimum Gasteiger partial charge on any atom is -0.397 e. The SMILES string of the molecule is Nc1ccc2c(c1N)C(=O)c1ccccc1C2=O.O=C(CCCl)Cc1ccc2c(c1NC(=O)CCCl)C(=O)c1ccccc1C2=O.O=C(Cl)CCl. The number of rotatable bonds is 8. The van der Waals surface area contributed by atoms with Crippen LogP contribution in [-0.2, 0) is 20.8 Å². The summed E-state index contributed by atoms with van der Waals surface area (Å²) in [5, 5.41) is 2.18. The summed E-state index contributed by atoms with van der Waals surface area (Å²) in [5.41, 5.74) is 14.9. The number of Topliss-reactive ketones (excluding diaryl/α,β-unsaturated/α-hetero) is 1. The van der Waals surface area contributed by atoms with Crippen LogP contribution in [0.4, 0.5) is 17.1 Å². The van der Waals surface area contributed by atoms with Gasteiger partial charge in [-0.3, -0.25) is 33.6 Å². The topological polar surface area (TPSA) is 184 Å². The van der Waals surface area contributed by atoms with Crippen molar-refractivity contribution in [2.75, 3.05) is 34.4 Å². The molecule has 0 saturated heterocycles. The molecule has 6 rings (SSSR count). The molecule has 0 atom stereocenters. The first-order valence-electron chi connectivity index (χ1n) is 15.2. The highest BCUT2D eigenvalue weighted by molar-refractivity contribution is 6.67. The van der Waals surface area contributed by atoms with Crippen molar-refractivity contribution < 1.29 is 33.6 Å². The average Bonchev–Trinajstić information content (AvgIpc) is 3.12. The summed E-state index contributed by atoms with van der Waals surface area (Å²) >= 11 is 20.8. The Morgan fingerprint density at radius 2 is 1.04 bits per heavy atom. The van der Waals surface area contributed by atoms with E-state index in [1.807, 2.05) is 0 Å². The molecule has 0 aliphatic heterocycles. The summed E-state index contributed by atoms with van der Waals surface area (Å²) in [6.07, 6.45) is 0.210. The van der Waals surface area contributed by atoms with Gasteiger partial charge in [0.05, 0.1) is 34.1 Å². The molecule has 0 aromatic heterocycles. The van der Waals surface area contributed by atoms with E-state index in [1.165, 1.54) is 6.07 Å². The van der Waals surface area contributed by atoms with E-state index < -0.39 is 11.1 Å². The fraction of sp³-hybridized carbons (Fsp3) is 0.162. The second kappa shape index (κ2) is 17.4. The van der Waals surface area contributed by atoms with Gasteiger partial charge in [0.15, 0.2) is 23.1 Å². The molecule has 0 fully saturated rings. The van der Waals surface area contributed by atoms with Crippen molar-refractivity contribution in [3.8, 4) is 0 Å². The normalized spacial score (nSPS) is 12.2. The van der Waals surface area contributed by atoms with Crippen LogP contribution in [0.3, 0.4) is 0 Å². The molecule has 2 aliphatic carbocycles. The Labute approximate surface area is 312 Å². The molecule has 0 spiro atoms. The molecule has 0 saturated carbocycles. The van der Waals surface area contributed by atoms with Gasteiger partial charge in [0.1, 0.15) is 5.78 Å². The lowest BCUT2D eigenvalue weighted by Gasteiger charge is -2.22. The third-order valence-electron chi connectivity index (χ3n) is 7.80. The van der Waals surface area contributed by atoms with Crippen LogP contribution in [0.15, 0.2) is 72.8 Å². The quantitative estimate of drug-likeness (QED) is 0.0898. The van der Waals surface area contributed by atoms with Gasteiger partial charge in [-0.05, 0) is 35.4 Å². The molecule has 14 heteroatoms. The largest absolute Gasteiger partial charge is 0.397 e. The number of benzene rings is 4. The average molecular weight is 769 g/mol. The minimum absolute atomic E-state index is 0.000391. The van der Waals surface area contributed by atoms with Crippen molar-refractivity contribution in [1.82, 2.24) is 0 Å². The molecular formula is C37H29Cl4N3O7. The van der Waals surface area contributed by atoms with Gasteiger partial charge in [0, 0.05) is 64.4 Å². The number of halogens is 4. The number of nitrogen functional groups attached to an aromatic ring is 2. The van der Waals surface area contributed by atoms with Gasteiger partial charge in [-0.25, -0.2) is 0 Å². The maximum Gasteiger partial charge on any atom is 0.236 e. The van der Waals surface area contributed by atoms with Crippen LogP contribution in [0.1, 0.15) is 82.1 Å². The van der Waals surface area contributed by atoms with Crippen LogP contribution in [0.5, 0.6) is 0 Å². The number of alkyl halides is 3. The molecule has 2 aliphatic rings. The van der Waals surface area contributed by atoms with Crippen LogP contribution >= 0.6 is 46.4 Å². The molecule has 262 valence electrons. The number of anilines is 3. The third-order valence-corrected chi connectivity index (χ3v) is 8.69. The number of nitrogens with one attached hydrogen (secondary N) is 1. The molecule has 4 aromatic carbocycles. The molecular weight excluding hydrogens is 740 g/mol. The van der Waals surface area contributed by atoms with E-state index in [-0.39, 0.29) is 99.4 Å². The Kier molecular flexibility index (Phi) is 13.3. The second-order valence-corrected chi connectivity index (χ2v) is 12.5. The number of carbonyl (C=O) groups is 7. The van der Waals surface area contributed by atoms with Crippen molar-refractivity contribution in [3.05, 3.63) is 123 Å². The number of nitrogens with two attached hydrogens (primary N) is 2. The number of ketones is 5. The Balaban J connectivity index is 0.000000216. The molecule has 0 heterocycles. The van der Waals surface area contributed by atoms with Gasteiger partial charge < -0.3 is 16.8 Å². The summed E-state index contributed by atoms with van der Waals surface area (Å²) in [6.45, 7) is 0. The Hall–Kier alpha value is -4.87. The first-order valence-corrected chi connectivity index (χ1v) is 17.2. The monoisotopic (exact) mass is 767 g/mol. The molecule has 4 aromatic rings. The van der Waals surface area contributed by atoms with Crippen molar-refractivity contribution >= 4 is 104 Å². The zero-order valence-electron chi connectivity index (χ0n) is 26.7. The number of hydrogen-bond donors (Lipinski definition) is 3. The van der Waals surface area contributed by atoms with Gasteiger partial charge >= 0.3 is 0 Å². The molecule has 51 heavy (non-hydrogen) atoms. The fourth-order valence-electron chi connectivity index (χ4n) is 5.44. The van der Waals surface area contributed by atoms with Crippen LogP contribution < -0.4 is 16.8 Å². The smallest absolute Gasteiger partial charge is 0.236 e. The van der Waals surface area contributed by atoms with Crippen LogP contribution in [0, 0.1) is 0 Å². The van der Waals surface area contributed by atoms with Crippen LogP contribution in [0.2, 0.25) is 0 Å². The van der Waals surface area contributed by atoms with Gasteiger partial charge in [0.2, 0.25) is 11.1 Å². The maximum absolute atomic E-state index is 13.1. The number of hydrogen-bond acceptors (Lipinski definition) is 9. The first-order chi connectivity index (χ1) is 24.4. The summed E-state index contributed by atoms with van der Waals surface area (Å²) in [5.74, 6) is -1.42. The zero-order valence-corrected chi connectivity index (χ0v) is 29.7. The van der Waals surface area contributed by atoms with Crippen LogP contribution in [0.25, 0.3) is 0 Å². The molecule has 10 nitrogen and oxygen atoms in total. The highest BCUT2D eigenvalue weighted by atomic mass is 35.5. The molecule has 0 unspecified atom stereocenters. The molecule has 0 bridgehead atoms. The summed E-state index contributed by atoms with van der Waals surface area (Å²) in [6, 6.07) is 19.5. The molecule has 5 N–H and O–H groups in total. The lowest BCUT2D eigenvalue weighted by atomic mass is 9.81. The highest BCUT2D eigenvalue weighted by Gasteiger charge is 2.34. The standard InChI is InChI=1S/C21H17Cl2NO4.C14H10N2O2.C2H2Cl2O/c22-9-7-13(25)11-12-5-6-16-18(19(12)24-17(26)8-10-23)21(28)15-4-2-1-3-14(15)20(16)27;15-10-6-5-9-11(12(10)16)14(18)8-4-2-1-3-7(8)13(9)17;3-1-2(4)5/h1-6H,7-11H2,(H,24,26);1-6H,15-16H2;1H2. The number of amides is 1. The van der Waals surface area contributed by atoms with Gasteiger partial charge in [-0.15, -0.1) is 34.8 Å². The molecule has 0 radical (unpaired) electrons. The first kappa shape index (κ1) is 38.9. The Morgan fingerprint density at radius 3 is 1.53 bits per heavy atom. The predicted octanol–water partition coefficient (Wildman–Crippen LogP) is 6.39. The van der Waals surface area contributed by atoms with E-state index in [4.69, 9.17) is 57.9 Å². The molecule has 1 amide bonds. The van der Waals surface area contributed by atoms with Crippen LogP contribution in [-0.4, -0.2) is 57.7 Å².